The van der Waals surface area contributed by atoms with E-state index in [-0.39, 0.29) is 12.3 Å². The predicted octanol–water partition coefficient (Wildman–Crippen LogP) is 4.06. The number of halogens is 1. The summed E-state index contributed by atoms with van der Waals surface area (Å²) in [7, 11) is 1.89. The molecule has 0 spiro atoms. The SMILES string of the molecule is CCCc1cccc2c1n(C)c(=N)n2CC(=O)c1ccc(Br)cc1. The number of aryl methyl sites for hydroxylation is 2. The first kappa shape index (κ1) is 16.7. The Kier molecular flexibility index (Phi) is 4.71. The number of hydrogen-bond acceptors (Lipinski definition) is 2. The van der Waals surface area contributed by atoms with Gasteiger partial charge in [-0.3, -0.25) is 10.2 Å². The van der Waals surface area contributed by atoms with Crippen LogP contribution in [0.2, 0.25) is 0 Å². The molecule has 0 radical (unpaired) electrons. The van der Waals surface area contributed by atoms with Crippen LogP contribution in [-0.4, -0.2) is 14.9 Å². The second kappa shape index (κ2) is 6.77. The fourth-order valence-corrected chi connectivity index (χ4v) is 3.35. The number of hydrogen-bond donors (Lipinski definition) is 1. The number of nitrogens with zero attached hydrogens (tertiary/aromatic N) is 2. The lowest BCUT2D eigenvalue weighted by Gasteiger charge is -2.06. The molecule has 0 saturated heterocycles. The van der Waals surface area contributed by atoms with E-state index in [9.17, 15) is 4.79 Å². The molecule has 0 atom stereocenters. The minimum atomic E-state index is 0.00870. The molecule has 0 aliphatic rings. The van der Waals surface area contributed by atoms with Crippen LogP contribution in [0.4, 0.5) is 0 Å². The maximum Gasteiger partial charge on any atom is 0.203 e. The van der Waals surface area contributed by atoms with E-state index < -0.39 is 0 Å². The Labute approximate surface area is 149 Å². The van der Waals surface area contributed by atoms with Gasteiger partial charge in [0.25, 0.3) is 0 Å². The molecule has 3 rings (SSSR count). The first-order valence-electron chi connectivity index (χ1n) is 8.03. The first-order chi connectivity index (χ1) is 11.5. The van der Waals surface area contributed by atoms with Crippen LogP contribution >= 0.6 is 15.9 Å². The number of Topliss-reactive ketones (excluding diaryl/α,β-unsaturated/α-hetero) is 1. The number of carbonyl (C=O) groups excluding carboxylic acids is 1. The standard InChI is InChI=1S/C19H20BrN3O/c1-3-5-14-6-4-7-16-18(14)22(2)19(21)23(16)12-17(24)13-8-10-15(20)11-9-13/h4,6-11,21H,3,5,12H2,1-2H3. The molecular formula is C19H20BrN3O. The van der Waals surface area contributed by atoms with Crippen LogP contribution in [0.5, 0.6) is 0 Å². The molecule has 1 heterocycles. The van der Waals surface area contributed by atoms with E-state index >= 15 is 0 Å². The van der Waals surface area contributed by atoms with Crippen LogP contribution in [0.25, 0.3) is 11.0 Å². The highest BCUT2D eigenvalue weighted by Crippen LogP contribution is 2.19. The summed E-state index contributed by atoms with van der Waals surface area (Å²) in [5.41, 5.74) is 4.22. The fourth-order valence-electron chi connectivity index (χ4n) is 3.09. The third-order valence-electron chi connectivity index (χ3n) is 4.29. The number of fused-ring (bicyclic) bond motifs is 1. The molecule has 124 valence electrons. The Bertz CT molecular complexity index is 951. The number of nitrogens with one attached hydrogen (secondary N) is 1. The summed E-state index contributed by atoms with van der Waals surface area (Å²) >= 11 is 3.38. The molecule has 0 aliphatic heterocycles. The highest BCUT2D eigenvalue weighted by Gasteiger charge is 2.15. The number of carbonyl (C=O) groups is 1. The Hall–Kier alpha value is -2.14. The smallest absolute Gasteiger partial charge is 0.203 e. The molecule has 1 N–H and O–H groups in total. The average Bonchev–Trinajstić information content (AvgIpc) is 2.81. The lowest BCUT2D eigenvalue weighted by Crippen LogP contribution is -2.25. The minimum absolute atomic E-state index is 0.00870. The van der Waals surface area contributed by atoms with Crippen molar-refractivity contribution in [3.8, 4) is 0 Å². The van der Waals surface area contributed by atoms with Gasteiger partial charge in [-0.2, -0.15) is 0 Å². The molecule has 4 nitrogen and oxygen atoms in total. The van der Waals surface area contributed by atoms with Gasteiger partial charge in [0.05, 0.1) is 17.6 Å². The number of imidazole rings is 1. The number of benzene rings is 2. The van der Waals surface area contributed by atoms with E-state index in [4.69, 9.17) is 5.41 Å². The third-order valence-corrected chi connectivity index (χ3v) is 4.81. The molecule has 1 aromatic heterocycles. The fraction of sp³-hybridized carbons (Fsp3) is 0.263. The van der Waals surface area contributed by atoms with Crippen LogP contribution in [0.1, 0.15) is 29.3 Å². The quantitative estimate of drug-likeness (QED) is 0.661. The third kappa shape index (κ3) is 2.96. The Balaban J connectivity index is 2.05. The van der Waals surface area contributed by atoms with E-state index in [0.29, 0.717) is 11.2 Å². The molecular weight excluding hydrogens is 366 g/mol. The summed E-state index contributed by atoms with van der Waals surface area (Å²) in [6.45, 7) is 2.32. The zero-order valence-electron chi connectivity index (χ0n) is 13.8. The summed E-state index contributed by atoms with van der Waals surface area (Å²) < 4.78 is 4.61. The summed E-state index contributed by atoms with van der Waals surface area (Å²) in [5.74, 6) is 0.00870. The molecule has 5 heteroatoms. The number of para-hydroxylation sites is 1. The Morgan fingerprint density at radius 2 is 1.88 bits per heavy atom. The minimum Gasteiger partial charge on any atom is -0.313 e. The van der Waals surface area contributed by atoms with Crippen LogP contribution in [0, 0.1) is 5.41 Å². The molecule has 0 bridgehead atoms. The van der Waals surface area contributed by atoms with Crippen molar-refractivity contribution in [2.75, 3.05) is 0 Å². The normalized spacial score (nSPS) is 11.1. The van der Waals surface area contributed by atoms with Gasteiger partial charge in [-0.05, 0) is 30.2 Å². The summed E-state index contributed by atoms with van der Waals surface area (Å²) in [4.78, 5) is 12.6. The second-order valence-corrected chi connectivity index (χ2v) is 6.85. The predicted molar refractivity (Wildman–Crippen MR) is 99.2 cm³/mol. The molecule has 0 fully saturated rings. The van der Waals surface area contributed by atoms with Crippen molar-refractivity contribution in [3.05, 3.63) is 63.7 Å². The molecule has 0 saturated carbocycles. The summed E-state index contributed by atoms with van der Waals surface area (Å²) in [6.07, 6.45) is 2.02. The molecule has 0 unspecified atom stereocenters. The van der Waals surface area contributed by atoms with Gasteiger partial charge in [-0.1, -0.05) is 53.5 Å². The zero-order valence-corrected chi connectivity index (χ0v) is 15.4. The zero-order chi connectivity index (χ0) is 17.3. The van der Waals surface area contributed by atoms with E-state index in [1.807, 2.05) is 48.0 Å². The lowest BCUT2D eigenvalue weighted by molar-refractivity contribution is 0.0971. The largest absolute Gasteiger partial charge is 0.313 e. The van der Waals surface area contributed by atoms with Gasteiger partial charge in [0.1, 0.15) is 0 Å². The van der Waals surface area contributed by atoms with E-state index in [2.05, 4.69) is 28.9 Å². The molecule has 0 aliphatic carbocycles. The van der Waals surface area contributed by atoms with Crippen molar-refractivity contribution in [3.63, 3.8) is 0 Å². The molecule has 3 aromatic rings. The maximum atomic E-state index is 12.6. The van der Waals surface area contributed by atoms with Gasteiger partial charge in [0.2, 0.25) is 5.62 Å². The van der Waals surface area contributed by atoms with E-state index in [0.717, 1.165) is 28.3 Å². The van der Waals surface area contributed by atoms with E-state index in [1.165, 1.54) is 5.56 Å². The molecule has 2 aromatic carbocycles. The highest BCUT2D eigenvalue weighted by molar-refractivity contribution is 9.10. The second-order valence-electron chi connectivity index (χ2n) is 5.93. The lowest BCUT2D eigenvalue weighted by atomic mass is 10.1. The van der Waals surface area contributed by atoms with Gasteiger partial charge < -0.3 is 9.13 Å². The van der Waals surface area contributed by atoms with Crippen molar-refractivity contribution in [1.82, 2.24) is 9.13 Å². The van der Waals surface area contributed by atoms with Crippen molar-refractivity contribution < 1.29 is 4.79 Å². The van der Waals surface area contributed by atoms with Gasteiger partial charge in [-0.15, -0.1) is 0 Å². The topological polar surface area (TPSA) is 50.8 Å². The number of ketones is 1. The van der Waals surface area contributed by atoms with Gasteiger partial charge in [0, 0.05) is 17.1 Å². The number of aromatic nitrogens is 2. The van der Waals surface area contributed by atoms with Gasteiger partial charge in [0.15, 0.2) is 5.78 Å². The van der Waals surface area contributed by atoms with Crippen LogP contribution < -0.4 is 5.62 Å². The van der Waals surface area contributed by atoms with Crippen LogP contribution in [0.3, 0.4) is 0 Å². The summed E-state index contributed by atoms with van der Waals surface area (Å²) in [5, 5.41) is 8.41. The first-order valence-corrected chi connectivity index (χ1v) is 8.82. The highest BCUT2D eigenvalue weighted by atomic mass is 79.9. The van der Waals surface area contributed by atoms with Crippen molar-refractivity contribution in [1.29, 1.82) is 5.41 Å². The van der Waals surface area contributed by atoms with Crippen molar-refractivity contribution in [2.24, 2.45) is 7.05 Å². The monoisotopic (exact) mass is 385 g/mol. The van der Waals surface area contributed by atoms with Crippen molar-refractivity contribution in [2.45, 2.75) is 26.3 Å². The van der Waals surface area contributed by atoms with Gasteiger partial charge >= 0.3 is 0 Å². The molecule has 24 heavy (non-hydrogen) atoms. The maximum absolute atomic E-state index is 12.6. The Morgan fingerprint density at radius 1 is 1.17 bits per heavy atom. The molecule has 0 amide bonds. The van der Waals surface area contributed by atoms with Crippen LogP contribution in [0.15, 0.2) is 46.9 Å². The van der Waals surface area contributed by atoms with E-state index in [1.54, 1.807) is 4.57 Å². The van der Waals surface area contributed by atoms with Gasteiger partial charge in [-0.25, -0.2) is 0 Å². The average molecular weight is 386 g/mol. The Morgan fingerprint density at radius 3 is 2.54 bits per heavy atom. The van der Waals surface area contributed by atoms with Crippen molar-refractivity contribution >= 4 is 32.7 Å². The number of rotatable bonds is 5. The summed E-state index contributed by atoms with van der Waals surface area (Å²) in [6, 6.07) is 13.4. The van der Waals surface area contributed by atoms with Crippen LogP contribution in [-0.2, 0) is 20.0 Å².